The molecule has 1 heterocycles. The summed E-state index contributed by atoms with van der Waals surface area (Å²) in [5.41, 5.74) is 2.04. The molecule has 0 fully saturated rings. The van der Waals surface area contributed by atoms with Gasteiger partial charge < -0.3 is 14.0 Å². The summed E-state index contributed by atoms with van der Waals surface area (Å²) in [7, 11) is 1.33. The highest BCUT2D eigenvalue weighted by molar-refractivity contribution is 6.30. The van der Waals surface area contributed by atoms with Crippen molar-refractivity contribution < 1.29 is 19.1 Å². The Morgan fingerprint density at radius 3 is 2.52 bits per heavy atom. The highest BCUT2D eigenvalue weighted by atomic mass is 35.5. The number of fused-ring (bicyclic) bond motifs is 1. The van der Waals surface area contributed by atoms with Crippen LogP contribution in [0.5, 0.6) is 0 Å². The number of benzene rings is 2. The van der Waals surface area contributed by atoms with Crippen LogP contribution in [0.3, 0.4) is 0 Å². The number of para-hydroxylation sites is 1. The summed E-state index contributed by atoms with van der Waals surface area (Å²) in [6.45, 7) is 0.171. The number of nitrogens with zero attached hydrogens (tertiary/aromatic N) is 1. The summed E-state index contributed by atoms with van der Waals surface area (Å²) in [5.74, 6) is -0.836. The second kappa shape index (κ2) is 7.40. The third kappa shape index (κ3) is 3.83. The van der Waals surface area contributed by atoms with E-state index in [1.165, 1.54) is 7.11 Å². The fourth-order valence-corrected chi connectivity index (χ4v) is 2.71. The predicted molar refractivity (Wildman–Crippen MR) is 94.5 cm³/mol. The summed E-state index contributed by atoms with van der Waals surface area (Å²) in [6, 6.07) is 14.4. The molecule has 0 atom stereocenters. The molecule has 0 saturated carbocycles. The molecule has 0 aliphatic heterocycles. The van der Waals surface area contributed by atoms with Gasteiger partial charge in [-0.2, -0.15) is 0 Å². The molecule has 1 aromatic heterocycles. The third-order valence-corrected chi connectivity index (χ3v) is 4.06. The van der Waals surface area contributed by atoms with Gasteiger partial charge in [0.2, 0.25) is 0 Å². The van der Waals surface area contributed by atoms with Crippen LogP contribution < -0.4 is 0 Å². The van der Waals surface area contributed by atoms with Gasteiger partial charge in [-0.3, -0.25) is 4.79 Å². The van der Waals surface area contributed by atoms with Crippen LogP contribution in [0.4, 0.5) is 0 Å². The molecule has 0 amide bonds. The smallest absolute Gasteiger partial charge is 0.340 e. The van der Waals surface area contributed by atoms with E-state index in [1.54, 1.807) is 35.0 Å². The minimum atomic E-state index is -0.440. The summed E-state index contributed by atoms with van der Waals surface area (Å²) >= 11 is 5.83. The first-order valence-electron chi connectivity index (χ1n) is 7.64. The molecule has 2 aromatic carbocycles. The number of carbonyl (C=O) groups excluding carboxylic acids is 2. The molecule has 128 valence electrons. The van der Waals surface area contributed by atoms with Crippen LogP contribution in [0, 0.1) is 0 Å². The van der Waals surface area contributed by atoms with Gasteiger partial charge in [-0.05, 0) is 23.8 Å². The maximum Gasteiger partial charge on any atom is 0.340 e. The molecule has 0 aliphatic carbocycles. The highest BCUT2D eigenvalue weighted by Crippen LogP contribution is 2.22. The molecule has 0 radical (unpaired) electrons. The Morgan fingerprint density at radius 2 is 1.80 bits per heavy atom. The van der Waals surface area contributed by atoms with E-state index in [2.05, 4.69) is 0 Å². The van der Waals surface area contributed by atoms with Crippen molar-refractivity contribution in [2.24, 2.45) is 0 Å². The van der Waals surface area contributed by atoms with Crippen LogP contribution in [0.25, 0.3) is 10.9 Å². The molecule has 0 unspecified atom stereocenters. The van der Waals surface area contributed by atoms with Crippen LogP contribution >= 0.6 is 11.6 Å². The average Bonchev–Trinajstić information content (AvgIpc) is 2.99. The Balaban J connectivity index is 1.74. The van der Waals surface area contributed by atoms with Crippen LogP contribution in [-0.2, 0) is 27.4 Å². The number of methoxy groups -OCH3 is 1. The average molecular weight is 358 g/mol. The molecule has 0 spiro atoms. The Kier molecular flexibility index (Phi) is 5.05. The number of hydrogen-bond acceptors (Lipinski definition) is 4. The van der Waals surface area contributed by atoms with Crippen molar-refractivity contribution in [3.63, 3.8) is 0 Å². The number of aromatic nitrogens is 1. The zero-order chi connectivity index (χ0) is 17.8. The van der Waals surface area contributed by atoms with Gasteiger partial charge in [0.25, 0.3) is 0 Å². The van der Waals surface area contributed by atoms with Gasteiger partial charge in [0.1, 0.15) is 13.2 Å². The van der Waals surface area contributed by atoms with E-state index in [1.807, 2.05) is 24.3 Å². The van der Waals surface area contributed by atoms with Crippen LogP contribution in [0.15, 0.2) is 54.7 Å². The standard InChI is InChI=1S/C19H16ClNO4/c1-24-19(23)16-10-21(17-5-3-2-4-15(16)17)11-18(22)25-12-13-6-8-14(20)9-7-13/h2-10H,11-12H2,1H3. The quantitative estimate of drug-likeness (QED) is 0.651. The second-order valence-corrected chi connectivity index (χ2v) is 5.90. The normalized spacial score (nSPS) is 10.6. The number of esters is 2. The van der Waals surface area contributed by atoms with Crippen molar-refractivity contribution in [3.05, 3.63) is 70.9 Å². The van der Waals surface area contributed by atoms with Gasteiger partial charge in [-0.1, -0.05) is 41.9 Å². The number of hydrogen-bond donors (Lipinski definition) is 0. The van der Waals surface area contributed by atoms with E-state index in [0.717, 1.165) is 16.5 Å². The number of halogens is 1. The summed E-state index contributed by atoms with van der Waals surface area (Å²) in [4.78, 5) is 24.1. The minimum absolute atomic E-state index is 0.00506. The lowest BCUT2D eigenvalue weighted by atomic mass is 10.2. The molecule has 0 bridgehead atoms. The number of rotatable bonds is 5. The van der Waals surface area contributed by atoms with Gasteiger partial charge in [0.15, 0.2) is 0 Å². The molecule has 3 aromatic rings. The fraction of sp³-hybridized carbons (Fsp3) is 0.158. The van der Waals surface area contributed by atoms with Crippen molar-refractivity contribution in [3.8, 4) is 0 Å². The maximum absolute atomic E-state index is 12.2. The van der Waals surface area contributed by atoms with E-state index < -0.39 is 11.9 Å². The van der Waals surface area contributed by atoms with E-state index in [9.17, 15) is 9.59 Å². The topological polar surface area (TPSA) is 57.5 Å². The van der Waals surface area contributed by atoms with Crippen LogP contribution in [0.1, 0.15) is 15.9 Å². The predicted octanol–water partition coefficient (Wildman–Crippen LogP) is 3.82. The van der Waals surface area contributed by atoms with E-state index >= 15 is 0 Å². The number of ether oxygens (including phenoxy) is 2. The van der Waals surface area contributed by atoms with Crippen LogP contribution in [0.2, 0.25) is 5.02 Å². The van der Waals surface area contributed by atoms with E-state index in [-0.39, 0.29) is 13.2 Å². The fourth-order valence-electron chi connectivity index (χ4n) is 2.58. The summed E-state index contributed by atoms with van der Waals surface area (Å²) < 4.78 is 11.8. The Labute approximate surface area is 149 Å². The van der Waals surface area contributed by atoms with E-state index in [0.29, 0.717) is 10.6 Å². The van der Waals surface area contributed by atoms with Gasteiger partial charge in [0.05, 0.1) is 12.7 Å². The van der Waals surface area contributed by atoms with Crippen molar-refractivity contribution in [2.45, 2.75) is 13.2 Å². The first-order valence-corrected chi connectivity index (χ1v) is 8.02. The second-order valence-electron chi connectivity index (χ2n) is 5.47. The van der Waals surface area contributed by atoms with Crippen molar-refractivity contribution >= 4 is 34.4 Å². The lowest BCUT2D eigenvalue weighted by molar-refractivity contribution is -0.145. The van der Waals surface area contributed by atoms with Crippen molar-refractivity contribution in [1.29, 1.82) is 0 Å². The van der Waals surface area contributed by atoms with Crippen molar-refractivity contribution in [2.75, 3.05) is 7.11 Å². The zero-order valence-electron chi connectivity index (χ0n) is 13.6. The Hall–Kier alpha value is -2.79. The Morgan fingerprint density at radius 1 is 1.08 bits per heavy atom. The largest absolute Gasteiger partial charge is 0.465 e. The summed E-state index contributed by atoms with van der Waals surface area (Å²) in [5, 5.41) is 1.36. The monoisotopic (exact) mass is 357 g/mol. The molecule has 25 heavy (non-hydrogen) atoms. The lowest BCUT2D eigenvalue weighted by Crippen LogP contribution is -2.13. The maximum atomic E-state index is 12.2. The SMILES string of the molecule is COC(=O)c1cn(CC(=O)OCc2ccc(Cl)cc2)c2ccccc12. The molecule has 0 N–H and O–H groups in total. The molecule has 0 aliphatic rings. The summed E-state index contributed by atoms with van der Waals surface area (Å²) in [6.07, 6.45) is 1.61. The van der Waals surface area contributed by atoms with Crippen LogP contribution in [-0.4, -0.2) is 23.6 Å². The Bertz CT molecular complexity index is 915. The van der Waals surface area contributed by atoms with Gasteiger partial charge in [-0.25, -0.2) is 4.79 Å². The molecule has 0 saturated heterocycles. The molecular weight excluding hydrogens is 342 g/mol. The van der Waals surface area contributed by atoms with E-state index in [4.69, 9.17) is 21.1 Å². The van der Waals surface area contributed by atoms with Gasteiger partial charge >= 0.3 is 11.9 Å². The highest BCUT2D eigenvalue weighted by Gasteiger charge is 2.17. The zero-order valence-corrected chi connectivity index (χ0v) is 14.3. The first kappa shape index (κ1) is 17.0. The van der Waals surface area contributed by atoms with Crippen molar-refractivity contribution in [1.82, 2.24) is 4.57 Å². The minimum Gasteiger partial charge on any atom is -0.465 e. The number of carbonyl (C=O) groups is 2. The van der Waals surface area contributed by atoms with Gasteiger partial charge in [0, 0.05) is 22.1 Å². The third-order valence-electron chi connectivity index (χ3n) is 3.81. The molecule has 6 heteroatoms. The molecule has 3 rings (SSSR count). The molecular formula is C19H16ClNO4. The lowest BCUT2D eigenvalue weighted by Gasteiger charge is -2.07. The van der Waals surface area contributed by atoms with Gasteiger partial charge in [-0.15, -0.1) is 0 Å². The first-order chi connectivity index (χ1) is 12.1. The molecule has 5 nitrogen and oxygen atoms in total.